The lowest BCUT2D eigenvalue weighted by Gasteiger charge is -2.15. The van der Waals surface area contributed by atoms with Crippen molar-refractivity contribution in [3.63, 3.8) is 0 Å². The molecule has 0 fully saturated rings. The topological polar surface area (TPSA) is 75.6 Å². The molecule has 37 heavy (non-hydrogen) atoms. The molecule has 0 unspecified atom stereocenters. The van der Waals surface area contributed by atoms with E-state index in [1.807, 2.05) is 80.6 Å². The van der Waals surface area contributed by atoms with Crippen molar-refractivity contribution in [2.75, 3.05) is 27.4 Å². The van der Waals surface area contributed by atoms with E-state index < -0.39 is 0 Å². The third-order valence-electron chi connectivity index (χ3n) is 5.96. The van der Waals surface area contributed by atoms with Gasteiger partial charge in [0, 0.05) is 16.7 Å². The van der Waals surface area contributed by atoms with Crippen LogP contribution in [0.25, 0.3) is 44.7 Å². The predicted molar refractivity (Wildman–Crippen MR) is 147 cm³/mol. The van der Waals surface area contributed by atoms with Crippen molar-refractivity contribution in [1.29, 1.82) is 0 Å². The number of aromatic nitrogens is 3. The largest absolute Gasteiger partial charge is 0.494 e. The minimum absolute atomic E-state index is 0.606. The molecule has 0 amide bonds. The fraction of sp³-hybridized carbons (Fsp3) is 0.207. The summed E-state index contributed by atoms with van der Waals surface area (Å²) in [6, 6.07) is 21.7. The number of ether oxygens (including phenoxy) is 4. The van der Waals surface area contributed by atoms with Crippen LogP contribution >= 0.6 is 11.7 Å². The first-order valence-corrected chi connectivity index (χ1v) is 12.7. The van der Waals surface area contributed by atoms with Gasteiger partial charge in [0.15, 0.2) is 11.5 Å². The van der Waals surface area contributed by atoms with E-state index >= 15 is 0 Å². The minimum Gasteiger partial charge on any atom is -0.494 e. The Morgan fingerprint density at radius 2 is 1.19 bits per heavy atom. The van der Waals surface area contributed by atoms with Gasteiger partial charge in [0.1, 0.15) is 28.2 Å². The summed E-state index contributed by atoms with van der Waals surface area (Å²) in [6.45, 7) is 5.15. The molecule has 2 heterocycles. The number of nitrogens with zero attached hydrogens (tertiary/aromatic N) is 3. The van der Waals surface area contributed by atoms with Crippen LogP contribution in [-0.2, 0) is 0 Å². The Morgan fingerprint density at radius 3 is 1.78 bits per heavy atom. The molecule has 3 aromatic carbocycles. The lowest BCUT2D eigenvalue weighted by Crippen LogP contribution is -1.98. The summed E-state index contributed by atoms with van der Waals surface area (Å²) in [7, 11) is 3.25. The van der Waals surface area contributed by atoms with Crippen LogP contribution in [0.5, 0.6) is 23.0 Å². The van der Waals surface area contributed by atoms with Crippen molar-refractivity contribution in [1.82, 2.24) is 13.7 Å². The number of benzene rings is 3. The molecule has 5 rings (SSSR count). The predicted octanol–water partition coefficient (Wildman–Crippen LogP) is 6.90. The molecule has 0 N–H and O–H groups in total. The standard InChI is InChI=1S/C29H27N3O4S/c1-5-35-21-12-7-18(8-13-21)25-26(20-11-16-23(33-3)24(17-20)34-4)30-27(29-28(25)31-37-32-29)19-9-14-22(15-10-19)36-6-2/h7-17H,5-6H2,1-4H3. The molecule has 0 aliphatic heterocycles. The highest BCUT2D eigenvalue weighted by molar-refractivity contribution is 7.00. The monoisotopic (exact) mass is 513 g/mol. The zero-order valence-corrected chi connectivity index (χ0v) is 22.0. The zero-order valence-electron chi connectivity index (χ0n) is 21.1. The number of rotatable bonds is 9. The molecule has 0 bridgehead atoms. The Labute approximate surface area is 220 Å². The van der Waals surface area contributed by atoms with E-state index in [2.05, 4.69) is 4.37 Å². The van der Waals surface area contributed by atoms with Gasteiger partial charge in [-0.2, -0.15) is 8.75 Å². The van der Waals surface area contributed by atoms with Gasteiger partial charge >= 0.3 is 0 Å². The van der Waals surface area contributed by atoms with Crippen LogP contribution in [0.15, 0.2) is 66.7 Å². The van der Waals surface area contributed by atoms with E-state index in [1.54, 1.807) is 14.2 Å². The van der Waals surface area contributed by atoms with Gasteiger partial charge < -0.3 is 18.9 Å². The summed E-state index contributed by atoms with van der Waals surface area (Å²) >= 11 is 1.18. The molecule has 0 radical (unpaired) electrons. The summed E-state index contributed by atoms with van der Waals surface area (Å²) in [4.78, 5) is 5.19. The first-order chi connectivity index (χ1) is 18.2. The maximum Gasteiger partial charge on any atom is 0.161 e. The fourth-order valence-corrected chi connectivity index (χ4v) is 4.82. The van der Waals surface area contributed by atoms with Gasteiger partial charge in [-0.25, -0.2) is 4.98 Å². The van der Waals surface area contributed by atoms with Crippen molar-refractivity contribution in [3.8, 4) is 56.6 Å². The molecule has 0 saturated heterocycles. The smallest absolute Gasteiger partial charge is 0.161 e. The Kier molecular flexibility index (Phi) is 7.18. The zero-order chi connectivity index (χ0) is 25.8. The first-order valence-electron chi connectivity index (χ1n) is 12.0. The number of fused-ring (bicyclic) bond motifs is 1. The van der Waals surface area contributed by atoms with Crippen LogP contribution in [0.4, 0.5) is 0 Å². The van der Waals surface area contributed by atoms with Crippen molar-refractivity contribution < 1.29 is 18.9 Å². The van der Waals surface area contributed by atoms with Crippen LogP contribution in [0.3, 0.4) is 0 Å². The Bertz CT molecular complexity index is 1520. The van der Waals surface area contributed by atoms with Crippen LogP contribution in [0.2, 0.25) is 0 Å². The average molecular weight is 514 g/mol. The lowest BCUT2D eigenvalue weighted by atomic mass is 9.95. The fourth-order valence-electron chi connectivity index (χ4n) is 4.27. The molecule has 0 atom stereocenters. The molecule has 5 aromatic rings. The van der Waals surface area contributed by atoms with Gasteiger partial charge in [-0.05, 0) is 74.0 Å². The minimum atomic E-state index is 0.606. The Hall–Kier alpha value is -4.17. The third-order valence-corrected chi connectivity index (χ3v) is 6.49. The van der Waals surface area contributed by atoms with Gasteiger partial charge in [-0.1, -0.05) is 12.1 Å². The van der Waals surface area contributed by atoms with Crippen LogP contribution in [-0.4, -0.2) is 41.2 Å². The molecular weight excluding hydrogens is 486 g/mol. The highest BCUT2D eigenvalue weighted by atomic mass is 32.1. The molecule has 0 saturated carbocycles. The number of methoxy groups -OCH3 is 2. The molecule has 7 nitrogen and oxygen atoms in total. The second kappa shape index (κ2) is 10.8. The van der Waals surface area contributed by atoms with Crippen molar-refractivity contribution in [3.05, 3.63) is 66.7 Å². The molecule has 0 spiro atoms. The molecule has 0 aliphatic rings. The van der Waals surface area contributed by atoms with E-state index in [4.69, 9.17) is 28.3 Å². The average Bonchev–Trinajstić information content (AvgIpc) is 3.43. The van der Waals surface area contributed by atoms with E-state index in [9.17, 15) is 0 Å². The van der Waals surface area contributed by atoms with E-state index in [-0.39, 0.29) is 0 Å². The summed E-state index contributed by atoms with van der Waals surface area (Å²) in [5.41, 5.74) is 6.75. The molecule has 8 heteroatoms. The first kappa shape index (κ1) is 24.5. The SMILES string of the molecule is CCOc1ccc(-c2nc(-c3ccc(OC)c(OC)c3)c(-c3ccc(OCC)cc3)c3nsnc23)cc1. The van der Waals surface area contributed by atoms with Gasteiger partial charge in [0.2, 0.25) is 0 Å². The maximum absolute atomic E-state index is 5.66. The Morgan fingerprint density at radius 1 is 0.622 bits per heavy atom. The molecular formula is C29H27N3O4S. The van der Waals surface area contributed by atoms with Crippen LogP contribution < -0.4 is 18.9 Å². The van der Waals surface area contributed by atoms with Crippen molar-refractivity contribution >= 4 is 22.8 Å². The maximum atomic E-state index is 5.66. The highest BCUT2D eigenvalue weighted by Crippen LogP contribution is 2.42. The van der Waals surface area contributed by atoms with E-state index in [1.165, 1.54) is 11.7 Å². The number of hydrogen-bond donors (Lipinski definition) is 0. The Balaban J connectivity index is 1.76. The third kappa shape index (κ3) is 4.80. The quantitative estimate of drug-likeness (QED) is 0.212. The summed E-state index contributed by atoms with van der Waals surface area (Å²) in [6.07, 6.45) is 0. The second-order valence-corrected chi connectivity index (χ2v) is 8.66. The van der Waals surface area contributed by atoms with E-state index in [0.29, 0.717) is 24.7 Å². The summed E-state index contributed by atoms with van der Waals surface area (Å²) in [5.74, 6) is 2.89. The van der Waals surface area contributed by atoms with Gasteiger partial charge in [-0.3, -0.25) is 0 Å². The van der Waals surface area contributed by atoms with Crippen molar-refractivity contribution in [2.24, 2.45) is 0 Å². The molecule has 0 aliphatic carbocycles. The van der Waals surface area contributed by atoms with Crippen molar-refractivity contribution in [2.45, 2.75) is 13.8 Å². The van der Waals surface area contributed by atoms with Crippen LogP contribution in [0, 0.1) is 0 Å². The van der Waals surface area contributed by atoms with E-state index in [0.717, 1.165) is 56.2 Å². The number of hydrogen-bond acceptors (Lipinski definition) is 8. The normalized spacial score (nSPS) is 10.9. The number of pyridine rings is 1. The summed E-state index contributed by atoms with van der Waals surface area (Å²) < 4.78 is 31.7. The van der Waals surface area contributed by atoms with Crippen LogP contribution in [0.1, 0.15) is 13.8 Å². The van der Waals surface area contributed by atoms with Gasteiger partial charge in [0.05, 0.1) is 44.9 Å². The van der Waals surface area contributed by atoms with Gasteiger partial charge in [0.25, 0.3) is 0 Å². The second-order valence-electron chi connectivity index (χ2n) is 8.13. The lowest BCUT2D eigenvalue weighted by molar-refractivity contribution is 0.340. The summed E-state index contributed by atoms with van der Waals surface area (Å²) in [5, 5.41) is 0. The molecule has 188 valence electrons. The van der Waals surface area contributed by atoms with Gasteiger partial charge in [-0.15, -0.1) is 0 Å². The molecule has 2 aromatic heterocycles. The highest BCUT2D eigenvalue weighted by Gasteiger charge is 2.22.